The first-order valence-corrected chi connectivity index (χ1v) is 6.53. The topological polar surface area (TPSA) is 38.5 Å². The number of anilines is 2. The predicted molar refractivity (Wildman–Crippen MR) is 72.6 cm³/mol. The van der Waals surface area contributed by atoms with Crippen LogP contribution in [-0.4, -0.2) is 26.8 Å². The van der Waals surface area contributed by atoms with E-state index in [4.69, 9.17) is 10.5 Å². The molecule has 0 aromatic heterocycles. The molecule has 0 amide bonds. The van der Waals surface area contributed by atoms with E-state index in [2.05, 4.69) is 0 Å². The largest absolute Gasteiger partial charge is 0.399 e. The molecule has 1 fully saturated rings. The molecular formula is C14H20F2N2O. The molecule has 0 aliphatic carbocycles. The number of nitrogens with zero attached hydrogens (tertiary/aromatic N) is 1. The molecule has 19 heavy (non-hydrogen) atoms. The number of hydrogen-bond donors (Lipinski definition) is 1. The Labute approximate surface area is 112 Å². The first-order valence-electron chi connectivity index (χ1n) is 6.53. The number of nitrogens with two attached hydrogens (primary N) is 1. The highest BCUT2D eigenvalue weighted by atomic mass is 19.3. The standard InChI is InChI=1S/C14H20F2N2O/c1-19-9-10-3-2-6-18(8-10)13-5-4-11(17)7-12(13)14(15)16/h4-5,7,10,14H,2-3,6,8-9,17H2,1H3. The summed E-state index contributed by atoms with van der Waals surface area (Å²) < 4.78 is 31.4. The fraction of sp³-hybridized carbons (Fsp3) is 0.571. The number of piperidine rings is 1. The van der Waals surface area contributed by atoms with Crippen LogP contribution in [0.15, 0.2) is 18.2 Å². The third-order valence-corrected chi connectivity index (χ3v) is 3.55. The molecule has 1 heterocycles. The molecule has 1 aliphatic rings. The zero-order chi connectivity index (χ0) is 13.8. The van der Waals surface area contributed by atoms with E-state index in [-0.39, 0.29) is 5.56 Å². The lowest BCUT2D eigenvalue weighted by atomic mass is 9.97. The molecule has 2 rings (SSSR count). The van der Waals surface area contributed by atoms with Crippen molar-refractivity contribution < 1.29 is 13.5 Å². The highest BCUT2D eigenvalue weighted by Crippen LogP contribution is 2.33. The van der Waals surface area contributed by atoms with Crippen LogP contribution in [0.2, 0.25) is 0 Å². The third kappa shape index (κ3) is 3.35. The Hall–Kier alpha value is -1.36. The molecule has 0 spiro atoms. The van der Waals surface area contributed by atoms with E-state index in [9.17, 15) is 8.78 Å². The number of ether oxygens (including phenoxy) is 1. The van der Waals surface area contributed by atoms with Gasteiger partial charge in [-0.1, -0.05) is 0 Å². The summed E-state index contributed by atoms with van der Waals surface area (Å²) in [6.45, 7) is 2.25. The van der Waals surface area contributed by atoms with Crippen molar-refractivity contribution in [1.82, 2.24) is 0 Å². The predicted octanol–water partition coefficient (Wildman–Crippen LogP) is 3.07. The summed E-state index contributed by atoms with van der Waals surface area (Å²) in [5.41, 5.74) is 6.60. The average molecular weight is 270 g/mol. The summed E-state index contributed by atoms with van der Waals surface area (Å²) in [6, 6.07) is 4.76. The second-order valence-corrected chi connectivity index (χ2v) is 5.03. The number of benzene rings is 1. The molecule has 2 N–H and O–H groups in total. The van der Waals surface area contributed by atoms with Crippen molar-refractivity contribution in [1.29, 1.82) is 0 Å². The minimum absolute atomic E-state index is 0.0260. The van der Waals surface area contributed by atoms with Gasteiger partial charge in [-0.3, -0.25) is 0 Å². The quantitative estimate of drug-likeness (QED) is 0.855. The van der Waals surface area contributed by atoms with Crippen molar-refractivity contribution >= 4 is 11.4 Å². The maximum absolute atomic E-state index is 13.1. The van der Waals surface area contributed by atoms with Gasteiger partial charge >= 0.3 is 0 Å². The molecule has 1 aromatic carbocycles. The summed E-state index contributed by atoms with van der Waals surface area (Å²) in [5, 5.41) is 0. The molecule has 3 nitrogen and oxygen atoms in total. The van der Waals surface area contributed by atoms with Gasteiger partial charge in [0.05, 0.1) is 6.61 Å². The van der Waals surface area contributed by atoms with Gasteiger partial charge in [-0.2, -0.15) is 0 Å². The lowest BCUT2D eigenvalue weighted by Crippen LogP contribution is -2.37. The normalized spacial score (nSPS) is 20.0. The number of hydrogen-bond acceptors (Lipinski definition) is 3. The molecule has 1 atom stereocenters. The Morgan fingerprint density at radius 1 is 1.47 bits per heavy atom. The molecule has 0 bridgehead atoms. The van der Waals surface area contributed by atoms with E-state index in [0.29, 0.717) is 23.9 Å². The number of nitrogen functional groups attached to an aromatic ring is 1. The smallest absolute Gasteiger partial charge is 0.265 e. The summed E-state index contributed by atoms with van der Waals surface area (Å²) in [5.74, 6) is 0.404. The fourth-order valence-electron chi connectivity index (χ4n) is 2.69. The van der Waals surface area contributed by atoms with Crippen molar-refractivity contribution in [2.24, 2.45) is 5.92 Å². The van der Waals surface area contributed by atoms with Gasteiger partial charge in [0, 0.05) is 37.1 Å². The van der Waals surface area contributed by atoms with E-state index in [1.807, 2.05) is 4.90 Å². The van der Waals surface area contributed by atoms with Crippen molar-refractivity contribution in [2.45, 2.75) is 19.3 Å². The highest BCUT2D eigenvalue weighted by molar-refractivity contribution is 5.60. The van der Waals surface area contributed by atoms with Crippen LogP contribution in [0.1, 0.15) is 24.8 Å². The van der Waals surface area contributed by atoms with E-state index in [0.717, 1.165) is 25.9 Å². The molecule has 1 saturated heterocycles. The second-order valence-electron chi connectivity index (χ2n) is 5.03. The third-order valence-electron chi connectivity index (χ3n) is 3.55. The average Bonchev–Trinajstić information content (AvgIpc) is 2.39. The van der Waals surface area contributed by atoms with E-state index >= 15 is 0 Å². The van der Waals surface area contributed by atoms with E-state index in [1.54, 1.807) is 19.2 Å². The first-order chi connectivity index (χ1) is 9.11. The summed E-state index contributed by atoms with van der Waals surface area (Å²) in [4.78, 5) is 2.02. The van der Waals surface area contributed by atoms with Gasteiger partial charge in [-0.15, -0.1) is 0 Å². The van der Waals surface area contributed by atoms with Gasteiger partial charge < -0.3 is 15.4 Å². The van der Waals surface area contributed by atoms with Crippen molar-refractivity contribution in [3.63, 3.8) is 0 Å². The van der Waals surface area contributed by atoms with Gasteiger partial charge in [0.15, 0.2) is 0 Å². The first kappa shape index (κ1) is 14.1. The monoisotopic (exact) mass is 270 g/mol. The van der Waals surface area contributed by atoms with Crippen LogP contribution in [0.5, 0.6) is 0 Å². The van der Waals surface area contributed by atoms with Gasteiger partial charge in [-0.05, 0) is 37.0 Å². The SMILES string of the molecule is COCC1CCCN(c2ccc(N)cc2C(F)F)C1. The summed E-state index contributed by atoms with van der Waals surface area (Å²) in [7, 11) is 1.67. The zero-order valence-electron chi connectivity index (χ0n) is 11.1. The number of alkyl halides is 2. The van der Waals surface area contributed by atoms with Crippen LogP contribution in [-0.2, 0) is 4.74 Å². The lowest BCUT2D eigenvalue weighted by molar-refractivity contribution is 0.141. The molecule has 1 unspecified atom stereocenters. The number of halogens is 2. The maximum atomic E-state index is 13.1. The fourth-order valence-corrected chi connectivity index (χ4v) is 2.69. The number of methoxy groups -OCH3 is 1. The van der Waals surface area contributed by atoms with Gasteiger partial charge in [0.1, 0.15) is 0 Å². The summed E-state index contributed by atoms with van der Waals surface area (Å²) in [6.07, 6.45) is -0.411. The van der Waals surface area contributed by atoms with Crippen LogP contribution in [0.3, 0.4) is 0 Å². The minimum Gasteiger partial charge on any atom is -0.399 e. The van der Waals surface area contributed by atoms with Crippen LogP contribution < -0.4 is 10.6 Å². The van der Waals surface area contributed by atoms with Crippen molar-refractivity contribution in [2.75, 3.05) is 37.4 Å². The Balaban J connectivity index is 2.20. The van der Waals surface area contributed by atoms with Crippen molar-refractivity contribution in [3.8, 4) is 0 Å². The van der Waals surface area contributed by atoms with Gasteiger partial charge in [0.2, 0.25) is 0 Å². The van der Waals surface area contributed by atoms with Crippen molar-refractivity contribution in [3.05, 3.63) is 23.8 Å². The zero-order valence-corrected chi connectivity index (χ0v) is 11.1. The molecule has 5 heteroatoms. The molecule has 106 valence electrons. The van der Waals surface area contributed by atoms with Crippen LogP contribution in [0.25, 0.3) is 0 Å². The van der Waals surface area contributed by atoms with Crippen LogP contribution >= 0.6 is 0 Å². The van der Waals surface area contributed by atoms with Crippen LogP contribution in [0.4, 0.5) is 20.2 Å². The molecule has 0 radical (unpaired) electrons. The molecule has 1 aliphatic heterocycles. The minimum atomic E-state index is -2.50. The second kappa shape index (κ2) is 6.19. The summed E-state index contributed by atoms with van der Waals surface area (Å²) >= 11 is 0. The molecule has 0 saturated carbocycles. The molecular weight excluding hydrogens is 250 g/mol. The van der Waals surface area contributed by atoms with Crippen LogP contribution in [0, 0.1) is 5.92 Å². The van der Waals surface area contributed by atoms with Gasteiger partial charge in [0.25, 0.3) is 6.43 Å². The molecule has 1 aromatic rings. The Bertz CT molecular complexity index is 424. The highest BCUT2D eigenvalue weighted by Gasteiger charge is 2.24. The van der Waals surface area contributed by atoms with E-state index in [1.165, 1.54) is 6.07 Å². The Morgan fingerprint density at radius 3 is 2.95 bits per heavy atom. The Morgan fingerprint density at radius 2 is 2.26 bits per heavy atom. The number of rotatable bonds is 4. The Kier molecular flexibility index (Phi) is 4.58. The van der Waals surface area contributed by atoms with Gasteiger partial charge in [-0.25, -0.2) is 8.78 Å². The lowest BCUT2D eigenvalue weighted by Gasteiger charge is -2.35. The van der Waals surface area contributed by atoms with E-state index < -0.39 is 6.43 Å². The maximum Gasteiger partial charge on any atom is 0.265 e.